The van der Waals surface area contributed by atoms with Crippen LogP contribution in [0.25, 0.3) is 0 Å². The number of hydrogen-bond donors (Lipinski definition) is 2. The quantitative estimate of drug-likeness (QED) is 0.834. The van der Waals surface area contributed by atoms with Crippen molar-refractivity contribution >= 4 is 6.03 Å². The number of nitrogens with zero attached hydrogens (tertiary/aromatic N) is 3. The summed E-state index contributed by atoms with van der Waals surface area (Å²) in [7, 11) is 2.01. The van der Waals surface area contributed by atoms with Gasteiger partial charge in [0.05, 0.1) is 6.54 Å². The fraction of sp³-hybridized carbons (Fsp3) is 0.643. The zero-order chi connectivity index (χ0) is 17.0. The van der Waals surface area contributed by atoms with Crippen molar-refractivity contribution in [2.45, 2.75) is 44.6 Å². The van der Waals surface area contributed by atoms with Crippen LogP contribution in [0.2, 0.25) is 0 Å². The second kappa shape index (κ2) is 7.12. The number of likely N-dealkylation sites (N-methyl/N-ethyl adjacent to an activating group) is 1. The molecule has 1 atom stereocenters. The van der Waals surface area contributed by atoms with Crippen molar-refractivity contribution in [2.24, 2.45) is 0 Å². The number of carbonyl (C=O) groups is 1. The van der Waals surface area contributed by atoms with Crippen LogP contribution in [0.5, 0.6) is 0 Å². The zero-order valence-electron chi connectivity index (χ0n) is 13.0. The molecule has 0 unspecified atom stereocenters. The van der Waals surface area contributed by atoms with Gasteiger partial charge in [0.2, 0.25) is 0 Å². The molecule has 2 amide bonds. The van der Waals surface area contributed by atoms with E-state index in [0.717, 1.165) is 12.3 Å². The van der Waals surface area contributed by atoms with Gasteiger partial charge in [-0.25, -0.2) is 14.8 Å². The number of halogens is 3. The van der Waals surface area contributed by atoms with Crippen molar-refractivity contribution < 1.29 is 18.0 Å². The van der Waals surface area contributed by atoms with E-state index in [-0.39, 0.29) is 18.4 Å². The Morgan fingerprint density at radius 3 is 2.74 bits per heavy atom. The third-order valence-corrected chi connectivity index (χ3v) is 3.78. The van der Waals surface area contributed by atoms with Crippen LogP contribution in [0, 0.1) is 0 Å². The normalized spacial score (nSPS) is 16.3. The minimum atomic E-state index is -4.53. The van der Waals surface area contributed by atoms with Crippen molar-refractivity contribution in [3.05, 3.63) is 23.8 Å². The molecule has 0 aromatic carbocycles. The molecule has 128 valence electrons. The van der Waals surface area contributed by atoms with Crippen LogP contribution in [0.3, 0.4) is 0 Å². The summed E-state index contributed by atoms with van der Waals surface area (Å²) in [5, 5.41) is 5.15. The lowest BCUT2D eigenvalue weighted by molar-refractivity contribution is -0.141. The summed E-state index contributed by atoms with van der Waals surface area (Å²) in [6.45, 7) is 2.30. The van der Waals surface area contributed by atoms with Gasteiger partial charge in [0.15, 0.2) is 0 Å². The summed E-state index contributed by atoms with van der Waals surface area (Å²) in [6.07, 6.45) is -1.14. The molecular weight excluding hydrogens is 311 g/mol. The second-order valence-electron chi connectivity index (χ2n) is 5.67. The van der Waals surface area contributed by atoms with Gasteiger partial charge < -0.3 is 10.6 Å². The lowest BCUT2D eigenvalue weighted by Crippen LogP contribution is -2.44. The number of aromatic nitrogens is 2. The summed E-state index contributed by atoms with van der Waals surface area (Å²) < 4.78 is 37.6. The molecule has 0 aliphatic heterocycles. The van der Waals surface area contributed by atoms with Crippen molar-refractivity contribution in [1.82, 2.24) is 25.5 Å². The molecule has 1 fully saturated rings. The smallest absolute Gasteiger partial charge is 0.337 e. The molecule has 1 heterocycles. The lowest BCUT2D eigenvalue weighted by Gasteiger charge is -2.24. The summed E-state index contributed by atoms with van der Waals surface area (Å²) in [5.41, 5.74) is -1.02. The first-order valence-corrected chi connectivity index (χ1v) is 7.40. The average molecular weight is 331 g/mol. The fourth-order valence-electron chi connectivity index (χ4n) is 2.09. The Morgan fingerprint density at radius 2 is 2.13 bits per heavy atom. The average Bonchev–Trinajstić information content (AvgIpc) is 3.34. The van der Waals surface area contributed by atoms with Gasteiger partial charge in [-0.3, -0.25) is 4.90 Å². The Kier molecular flexibility index (Phi) is 5.40. The van der Waals surface area contributed by atoms with Gasteiger partial charge in [-0.2, -0.15) is 13.2 Å². The third kappa shape index (κ3) is 5.34. The number of nitrogens with one attached hydrogen (secondary N) is 2. The van der Waals surface area contributed by atoms with Gasteiger partial charge in [0, 0.05) is 24.8 Å². The standard InChI is InChI=1S/C14H20F3N5O/c1-9(22(2)10-3-4-10)7-19-13(23)20-8-12-18-6-5-11(21-12)14(15,16)17/h5-6,9-10H,3-4,7-8H2,1-2H3,(H2,19,20,23)/t9-/m0/s1. The number of carbonyl (C=O) groups excluding carboxylic acids is 1. The molecule has 1 aliphatic rings. The molecular formula is C14H20F3N5O. The first-order valence-electron chi connectivity index (χ1n) is 7.40. The number of alkyl halides is 3. The third-order valence-electron chi connectivity index (χ3n) is 3.78. The molecule has 9 heteroatoms. The van der Waals surface area contributed by atoms with E-state index in [1.807, 2.05) is 14.0 Å². The predicted molar refractivity (Wildman–Crippen MR) is 77.5 cm³/mol. The number of hydrogen-bond acceptors (Lipinski definition) is 4. The van der Waals surface area contributed by atoms with E-state index in [0.29, 0.717) is 12.6 Å². The van der Waals surface area contributed by atoms with Crippen molar-refractivity contribution in [2.75, 3.05) is 13.6 Å². The highest BCUT2D eigenvalue weighted by atomic mass is 19.4. The summed E-state index contributed by atoms with van der Waals surface area (Å²) >= 11 is 0. The van der Waals surface area contributed by atoms with Gasteiger partial charge in [-0.1, -0.05) is 0 Å². The zero-order valence-corrected chi connectivity index (χ0v) is 13.0. The Bertz CT molecular complexity index is 547. The van der Waals surface area contributed by atoms with Crippen LogP contribution in [-0.4, -0.2) is 46.6 Å². The van der Waals surface area contributed by atoms with Crippen LogP contribution >= 0.6 is 0 Å². The van der Waals surface area contributed by atoms with Gasteiger partial charge in [-0.05, 0) is 32.9 Å². The van der Waals surface area contributed by atoms with E-state index in [1.54, 1.807) is 0 Å². The molecule has 1 aromatic heterocycles. The number of amides is 2. The van der Waals surface area contributed by atoms with E-state index in [2.05, 4.69) is 25.5 Å². The van der Waals surface area contributed by atoms with E-state index in [1.165, 1.54) is 12.8 Å². The molecule has 0 spiro atoms. The SMILES string of the molecule is C[C@@H](CNC(=O)NCc1nccc(C(F)(F)F)n1)N(C)C1CC1. The summed E-state index contributed by atoms with van der Waals surface area (Å²) in [6, 6.07) is 1.12. The maximum absolute atomic E-state index is 12.5. The van der Waals surface area contributed by atoms with Crippen molar-refractivity contribution in [1.29, 1.82) is 0 Å². The Morgan fingerprint density at radius 1 is 1.43 bits per heavy atom. The largest absolute Gasteiger partial charge is 0.433 e. The Hall–Kier alpha value is -1.90. The van der Waals surface area contributed by atoms with Gasteiger partial charge >= 0.3 is 12.2 Å². The molecule has 1 aromatic rings. The molecule has 0 saturated heterocycles. The fourth-order valence-corrected chi connectivity index (χ4v) is 2.09. The monoisotopic (exact) mass is 331 g/mol. The molecule has 1 aliphatic carbocycles. The summed E-state index contributed by atoms with van der Waals surface area (Å²) in [4.78, 5) is 21.0. The van der Waals surface area contributed by atoms with Crippen LogP contribution in [0.1, 0.15) is 31.3 Å². The molecule has 6 nitrogen and oxygen atoms in total. The van der Waals surface area contributed by atoms with E-state index in [4.69, 9.17) is 0 Å². The van der Waals surface area contributed by atoms with Crippen LogP contribution in [0.4, 0.5) is 18.0 Å². The second-order valence-corrected chi connectivity index (χ2v) is 5.67. The molecule has 2 rings (SSSR count). The van der Waals surface area contributed by atoms with E-state index >= 15 is 0 Å². The first-order chi connectivity index (χ1) is 10.8. The van der Waals surface area contributed by atoms with Crippen LogP contribution in [0.15, 0.2) is 12.3 Å². The lowest BCUT2D eigenvalue weighted by atomic mass is 10.3. The highest BCUT2D eigenvalue weighted by Gasteiger charge is 2.32. The predicted octanol–water partition coefficient (Wildman–Crippen LogP) is 1.78. The van der Waals surface area contributed by atoms with E-state index < -0.39 is 17.9 Å². The van der Waals surface area contributed by atoms with Crippen molar-refractivity contribution in [3.63, 3.8) is 0 Å². The summed E-state index contributed by atoms with van der Waals surface area (Å²) in [5.74, 6) is -0.0851. The minimum Gasteiger partial charge on any atom is -0.337 e. The van der Waals surface area contributed by atoms with Crippen molar-refractivity contribution in [3.8, 4) is 0 Å². The highest BCUT2D eigenvalue weighted by molar-refractivity contribution is 5.73. The van der Waals surface area contributed by atoms with Gasteiger partial charge in [0.1, 0.15) is 11.5 Å². The highest BCUT2D eigenvalue weighted by Crippen LogP contribution is 2.27. The maximum atomic E-state index is 12.5. The van der Waals surface area contributed by atoms with Crippen LogP contribution < -0.4 is 10.6 Å². The Labute approximate surface area is 132 Å². The first kappa shape index (κ1) is 17.5. The molecule has 2 N–H and O–H groups in total. The molecule has 1 saturated carbocycles. The van der Waals surface area contributed by atoms with Crippen LogP contribution in [-0.2, 0) is 12.7 Å². The van der Waals surface area contributed by atoms with Gasteiger partial charge in [0.25, 0.3) is 0 Å². The Balaban J connectivity index is 1.76. The number of urea groups is 1. The molecule has 0 bridgehead atoms. The number of rotatable bonds is 6. The maximum Gasteiger partial charge on any atom is 0.433 e. The van der Waals surface area contributed by atoms with E-state index in [9.17, 15) is 18.0 Å². The van der Waals surface area contributed by atoms with Gasteiger partial charge in [-0.15, -0.1) is 0 Å². The minimum absolute atomic E-state index is 0.0851. The molecule has 0 radical (unpaired) electrons. The topological polar surface area (TPSA) is 70.1 Å². The molecule has 23 heavy (non-hydrogen) atoms.